The zero-order valence-corrected chi connectivity index (χ0v) is 12.6. The molecule has 0 heterocycles. The Balaban J connectivity index is 2.71. The van der Waals surface area contributed by atoms with Gasteiger partial charge < -0.3 is 15.3 Å². The van der Waals surface area contributed by atoms with Crippen LogP contribution in [0.5, 0.6) is 0 Å². The molecular formula is C14H26N2O3. The Labute approximate surface area is 115 Å². The highest BCUT2D eigenvalue weighted by atomic mass is 16.4. The van der Waals surface area contributed by atoms with Gasteiger partial charge in [0, 0.05) is 12.6 Å². The number of rotatable bonds is 5. The van der Waals surface area contributed by atoms with Gasteiger partial charge in [0.25, 0.3) is 0 Å². The van der Waals surface area contributed by atoms with Gasteiger partial charge in [-0.2, -0.15) is 0 Å². The highest BCUT2D eigenvalue weighted by Gasteiger charge is 2.37. The van der Waals surface area contributed by atoms with Gasteiger partial charge in [-0.05, 0) is 24.2 Å². The summed E-state index contributed by atoms with van der Waals surface area (Å²) in [5.41, 5.74) is -0.505. The number of carboxylic acids is 1. The molecule has 5 nitrogen and oxygen atoms in total. The van der Waals surface area contributed by atoms with E-state index in [9.17, 15) is 14.7 Å². The molecular weight excluding hydrogens is 244 g/mol. The number of hydrogen-bond acceptors (Lipinski definition) is 2. The van der Waals surface area contributed by atoms with E-state index in [4.69, 9.17) is 0 Å². The fourth-order valence-corrected chi connectivity index (χ4v) is 2.03. The number of hydrogen-bond donors (Lipinski definition) is 2. The predicted molar refractivity (Wildman–Crippen MR) is 74.0 cm³/mol. The smallest absolute Gasteiger partial charge is 0.326 e. The number of urea groups is 1. The molecule has 0 aromatic carbocycles. The van der Waals surface area contributed by atoms with Crippen molar-refractivity contribution in [2.45, 2.75) is 59.5 Å². The Morgan fingerprint density at radius 2 is 1.84 bits per heavy atom. The van der Waals surface area contributed by atoms with Crippen LogP contribution >= 0.6 is 0 Å². The summed E-state index contributed by atoms with van der Waals surface area (Å²) in [5, 5.41) is 11.9. The summed E-state index contributed by atoms with van der Waals surface area (Å²) in [7, 11) is 0. The van der Waals surface area contributed by atoms with Gasteiger partial charge in [0.1, 0.15) is 6.04 Å². The molecule has 110 valence electrons. The lowest BCUT2D eigenvalue weighted by Crippen LogP contribution is -2.54. The summed E-state index contributed by atoms with van der Waals surface area (Å²) in [6, 6.07) is -0.830. The van der Waals surface area contributed by atoms with Gasteiger partial charge in [0.15, 0.2) is 0 Å². The summed E-state index contributed by atoms with van der Waals surface area (Å²) >= 11 is 0. The van der Waals surface area contributed by atoms with Crippen molar-refractivity contribution in [2.75, 3.05) is 6.54 Å². The number of carbonyl (C=O) groups excluding carboxylic acids is 1. The quantitative estimate of drug-likeness (QED) is 0.805. The van der Waals surface area contributed by atoms with Crippen molar-refractivity contribution >= 4 is 12.0 Å². The van der Waals surface area contributed by atoms with Gasteiger partial charge in [-0.15, -0.1) is 0 Å². The zero-order chi connectivity index (χ0) is 14.8. The van der Waals surface area contributed by atoms with E-state index in [1.165, 1.54) is 0 Å². The first-order chi connectivity index (χ1) is 8.62. The van der Waals surface area contributed by atoms with Gasteiger partial charge in [0.2, 0.25) is 0 Å². The first-order valence-corrected chi connectivity index (χ1v) is 6.93. The van der Waals surface area contributed by atoms with Gasteiger partial charge >= 0.3 is 12.0 Å². The molecule has 2 N–H and O–H groups in total. The molecule has 1 aliphatic rings. The SMILES string of the molecule is CC(C)CN(C(=O)N[C@H](C(=O)O)C(C)(C)C)C1CC1. The van der Waals surface area contributed by atoms with Gasteiger partial charge in [-0.3, -0.25) is 0 Å². The van der Waals surface area contributed by atoms with E-state index < -0.39 is 17.4 Å². The molecule has 0 radical (unpaired) electrons. The van der Waals surface area contributed by atoms with E-state index in [-0.39, 0.29) is 12.1 Å². The molecule has 19 heavy (non-hydrogen) atoms. The molecule has 0 aliphatic heterocycles. The van der Waals surface area contributed by atoms with Crippen LogP contribution in [0.3, 0.4) is 0 Å². The third kappa shape index (κ3) is 4.73. The van der Waals surface area contributed by atoms with Crippen molar-refractivity contribution in [3.05, 3.63) is 0 Å². The number of carbonyl (C=O) groups is 2. The monoisotopic (exact) mass is 270 g/mol. The fourth-order valence-electron chi connectivity index (χ4n) is 2.03. The van der Waals surface area contributed by atoms with E-state index >= 15 is 0 Å². The minimum Gasteiger partial charge on any atom is -0.480 e. The van der Waals surface area contributed by atoms with E-state index in [0.717, 1.165) is 12.8 Å². The Morgan fingerprint density at radius 1 is 1.32 bits per heavy atom. The summed E-state index contributed by atoms with van der Waals surface area (Å²) in [5.74, 6) is -0.606. The molecule has 1 fully saturated rings. The lowest BCUT2D eigenvalue weighted by atomic mass is 9.87. The third-order valence-electron chi connectivity index (χ3n) is 3.19. The molecule has 1 rings (SSSR count). The van der Waals surface area contributed by atoms with Crippen LogP contribution in [0.15, 0.2) is 0 Å². The van der Waals surface area contributed by atoms with Crippen molar-refractivity contribution in [1.82, 2.24) is 10.2 Å². The number of nitrogens with zero attached hydrogens (tertiary/aromatic N) is 1. The van der Waals surface area contributed by atoms with Crippen molar-refractivity contribution < 1.29 is 14.7 Å². The Morgan fingerprint density at radius 3 is 2.16 bits per heavy atom. The Hall–Kier alpha value is -1.26. The van der Waals surface area contributed by atoms with Crippen molar-refractivity contribution in [2.24, 2.45) is 11.3 Å². The van der Waals surface area contributed by atoms with Crippen LogP contribution in [-0.2, 0) is 4.79 Å². The summed E-state index contributed by atoms with van der Waals surface area (Å²) in [6.07, 6.45) is 2.04. The van der Waals surface area contributed by atoms with Crippen LogP contribution in [0.1, 0.15) is 47.5 Å². The number of nitrogens with one attached hydrogen (secondary N) is 1. The molecule has 5 heteroatoms. The minimum atomic E-state index is -0.985. The van der Waals surface area contributed by atoms with Crippen LogP contribution in [0.25, 0.3) is 0 Å². The van der Waals surface area contributed by atoms with Gasteiger partial charge in [0.05, 0.1) is 0 Å². The van der Waals surface area contributed by atoms with Crippen molar-refractivity contribution in [1.29, 1.82) is 0 Å². The molecule has 2 amide bonds. The van der Waals surface area contributed by atoms with Gasteiger partial charge in [-0.25, -0.2) is 9.59 Å². The molecule has 1 atom stereocenters. The zero-order valence-electron chi connectivity index (χ0n) is 12.6. The molecule has 0 aromatic heterocycles. The third-order valence-corrected chi connectivity index (χ3v) is 3.19. The second-order valence-electron chi connectivity index (χ2n) is 6.86. The number of aliphatic carboxylic acids is 1. The van der Waals surface area contributed by atoms with Crippen molar-refractivity contribution in [3.8, 4) is 0 Å². The molecule has 0 saturated heterocycles. The molecule has 1 aliphatic carbocycles. The number of amides is 2. The largest absolute Gasteiger partial charge is 0.480 e. The lowest BCUT2D eigenvalue weighted by molar-refractivity contribution is -0.142. The summed E-state index contributed by atoms with van der Waals surface area (Å²) < 4.78 is 0. The molecule has 0 aromatic rings. The van der Waals surface area contributed by atoms with E-state index in [0.29, 0.717) is 12.5 Å². The summed E-state index contributed by atoms with van der Waals surface area (Å²) in [6.45, 7) is 10.2. The van der Waals surface area contributed by atoms with Gasteiger partial charge in [-0.1, -0.05) is 34.6 Å². The van der Waals surface area contributed by atoms with E-state index in [1.54, 1.807) is 4.90 Å². The first kappa shape index (κ1) is 15.8. The summed E-state index contributed by atoms with van der Waals surface area (Å²) in [4.78, 5) is 25.3. The van der Waals surface area contributed by atoms with E-state index in [2.05, 4.69) is 19.2 Å². The fraction of sp³-hybridized carbons (Fsp3) is 0.857. The standard InChI is InChI=1S/C14H26N2O3/c1-9(2)8-16(10-6-7-10)13(19)15-11(12(17)18)14(3,4)5/h9-11H,6-8H2,1-5H3,(H,15,19)(H,17,18)/t11-/m1/s1. The maximum Gasteiger partial charge on any atom is 0.326 e. The second-order valence-corrected chi connectivity index (χ2v) is 6.86. The highest BCUT2D eigenvalue weighted by Crippen LogP contribution is 2.28. The highest BCUT2D eigenvalue weighted by molar-refractivity contribution is 5.83. The maximum absolute atomic E-state index is 12.3. The van der Waals surface area contributed by atoms with Crippen LogP contribution in [-0.4, -0.2) is 40.6 Å². The lowest BCUT2D eigenvalue weighted by Gasteiger charge is -2.31. The molecule has 0 unspecified atom stereocenters. The Bertz CT molecular complexity index is 343. The average Bonchev–Trinajstić information content (AvgIpc) is 3.03. The molecule has 1 saturated carbocycles. The maximum atomic E-state index is 12.3. The van der Waals surface area contributed by atoms with Crippen molar-refractivity contribution in [3.63, 3.8) is 0 Å². The number of carboxylic acid groups (broad SMARTS) is 1. The topological polar surface area (TPSA) is 69.6 Å². The first-order valence-electron chi connectivity index (χ1n) is 6.93. The van der Waals surface area contributed by atoms with Crippen LogP contribution in [0, 0.1) is 11.3 Å². The Kier molecular flexibility index (Phi) is 4.82. The molecule has 0 bridgehead atoms. The minimum absolute atomic E-state index is 0.251. The normalized spacial score (nSPS) is 17.2. The van der Waals surface area contributed by atoms with Crippen LogP contribution in [0.2, 0.25) is 0 Å². The van der Waals surface area contributed by atoms with Crippen LogP contribution in [0.4, 0.5) is 4.79 Å². The predicted octanol–water partition coefficient (Wildman–Crippen LogP) is 2.32. The van der Waals surface area contributed by atoms with Crippen LogP contribution < -0.4 is 5.32 Å². The molecule has 0 spiro atoms. The second kappa shape index (κ2) is 5.80. The van der Waals surface area contributed by atoms with E-state index in [1.807, 2.05) is 20.8 Å². The average molecular weight is 270 g/mol.